The van der Waals surface area contributed by atoms with Gasteiger partial charge >= 0.3 is 0 Å². The first-order valence-electron chi connectivity index (χ1n) is 4.63. The van der Waals surface area contributed by atoms with E-state index < -0.39 is 11.4 Å². The maximum Gasteiger partial charge on any atom is 0.286 e. The van der Waals surface area contributed by atoms with Gasteiger partial charge in [-0.05, 0) is 17.7 Å². The normalized spacial score (nSPS) is 10.4. The summed E-state index contributed by atoms with van der Waals surface area (Å²) in [7, 11) is 0. The molecule has 0 aliphatic rings. The summed E-state index contributed by atoms with van der Waals surface area (Å²) < 4.78 is 12.7. The number of rotatable bonds is 2. The van der Waals surface area contributed by atoms with Gasteiger partial charge < -0.3 is 4.98 Å². The minimum atomic E-state index is -0.875. The Morgan fingerprint density at radius 1 is 1.31 bits per heavy atom. The largest absolute Gasteiger partial charge is 0.308 e. The lowest BCUT2D eigenvalue weighted by atomic mass is 10.1. The molecule has 1 aromatic heterocycles. The Hall–Kier alpha value is -1.68. The molecule has 0 fully saturated rings. The van der Waals surface area contributed by atoms with E-state index in [0.29, 0.717) is 17.3 Å². The topological polar surface area (TPSA) is 45.8 Å². The van der Waals surface area contributed by atoms with Gasteiger partial charge in [0.2, 0.25) is 5.82 Å². The molecule has 0 aliphatic heterocycles. The van der Waals surface area contributed by atoms with E-state index >= 15 is 0 Å². The molecule has 1 heterocycles. The van der Waals surface area contributed by atoms with Crippen LogP contribution in [0, 0.1) is 5.82 Å². The molecule has 2 rings (SSSR count). The van der Waals surface area contributed by atoms with Crippen molar-refractivity contribution in [2.75, 3.05) is 0 Å². The summed E-state index contributed by atoms with van der Waals surface area (Å²) in [6, 6.07) is 7.15. The first-order valence-corrected chi connectivity index (χ1v) is 5.01. The number of benzene rings is 1. The van der Waals surface area contributed by atoms with Crippen LogP contribution in [0.25, 0.3) is 0 Å². The van der Waals surface area contributed by atoms with Crippen molar-refractivity contribution in [3.63, 3.8) is 0 Å². The Labute approximate surface area is 95.9 Å². The Kier molecular flexibility index (Phi) is 3.01. The predicted molar refractivity (Wildman–Crippen MR) is 59.1 cm³/mol. The van der Waals surface area contributed by atoms with Crippen LogP contribution in [0.15, 0.2) is 35.3 Å². The predicted octanol–water partition coefficient (Wildman–Crippen LogP) is 2.15. The van der Waals surface area contributed by atoms with Crippen LogP contribution in [-0.4, -0.2) is 9.97 Å². The molecule has 5 heteroatoms. The summed E-state index contributed by atoms with van der Waals surface area (Å²) >= 11 is 5.74. The van der Waals surface area contributed by atoms with E-state index in [4.69, 9.17) is 11.6 Å². The van der Waals surface area contributed by atoms with Crippen LogP contribution in [0.4, 0.5) is 4.39 Å². The number of hydrogen-bond donors (Lipinski definition) is 1. The Morgan fingerprint density at radius 2 is 2.00 bits per heavy atom. The Bertz CT molecular complexity index is 551. The van der Waals surface area contributed by atoms with Crippen molar-refractivity contribution in [3.8, 4) is 0 Å². The molecule has 0 saturated heterocycles. The number of halogens is 2. The molecule has 0 aliphatic carbocycles. The highest BCUT2D eigenvalue weighted by atomic mass is 35.5. The molecule has 0 spiro atoms. The zero-order valence-electron chi connectivity index (χ0n) is 8.21. The van der Waals surface area contributed by atoms with Crippen LogP contribution in [0.5, 0.6) is 0 Å². The average molecular weight is 239 g/mol. The third kappa shape index (κ3) is 2.46. The van der Waals surface area contributed by atoms with Crippen molar-refractivity contribution in [1.29, 1.82) is 0 Å². The molecular weight excluding hydrogens is 231 g/mol. The molecule has 1 N–H and O–H groups in total. The molecule has 2 aromatic rings. The summed E-state index contributed by atoms with van der Waals surface area (Å²) in [6.45, 7) is 0. The minimum absolute atomic E-state index is 0.425. The van der Waals surface area contributed by atoms with Crippen molar-refractivity contribution in [2.45, 2.75) is 6.42 Å². The molecule has 0 bridgehead atoms. The second-order valence-corrected chi connectivity index (χ2v) is 3.75. The molecule has 3 nitrogen and oxygen atoms in total. The van der Waals surface area contributed by atoms with Crippen molar-refractivity contribution in [1.82, 2.24) is 9.97 Å². The molecule has 16 heavy (non-hydrogen) atoms. The van der Waals surface area contributed by atoms with Gasteiger partial charge in [0.05, 0.1) is 6.20 Å². The van der Waals surface area contributed by atoms with E-state index in [-0.39, 0.29) is 0 Å². The highest BCUT2D eigenvalue weighted by molar-refractivity contribution is 6.30. The van der Waals surface area contributed by atoms with Crippen molar-refractivity contribution < 1.29 is 4.39 Å². The van der Waals surface area contributed by atoms with Crippen LogP contribution in [-0.2, 0) is 6.42 Å². The van der Waals surface area contributed by atoms with Gasteiger partial charge in [-0.1, -0.05) is 23.7 Å². The van der Waals surface area contributed by atoms with Gasteiger partial charge in [0.15, 0.2) is 0 Å². The third-order valence-corrected chi connectivity index (χ3v) is 2.35. The number of aromatic nitrogens is 2. The van der Waals surface area contributed by atoms with Crippen LogP contribution in [0.3, 0.4) is 0 Å². The lowest BCUT2D eigenvalue weighted by Gasteiger charge is -2.00. The summed E-state index contributed by atoms with van der Waals surface area (Å²) in [5.74, 6) is -0.450. The van der Waals surface area contributed by atoms with Gasteiger partial charge in [-0.15, -0.1) is 0 Å². The van der Waals surface area contributed by atoms with Crippen molar-refractivity contribution >= 4 is 11.6 Å². The summed E-state index contributed by atoms with van der Waals surface area (Å²) in [5, 5.41) is 0.643. The minimum Gasteiger partial charge on any atom is -0.308 e. The van der Waals surface area contributed by atoms with E-state index in [1.165, 1.54) is 0 Å². The molecule has 1 aromatic carbocycles. The molecular formula is C11H8ClFN2O. The fourth-order valence-electron chi connectivity index (χ4n) is 1.30. The smallest absolute Gasteiger partial charge is 0.286 e. The molecule has 0 saturated carbocycles. The SMILES string of the molecule is O=c1[nH]c(Cc2ccc(Cl)cc2)ncc1F. The zero-order valence-corrected chi connectivity index (χ0v) is 8.96. The van der Waals surface area contributed by atoms with E-state index in [2.05, 4.69) is 9.97 Å². The van der Waals surface area contributed by atoms with Crippen LogP contribution in [0.2, 0.25) is 5.02 Å². The first kappa shape index (κ1) is 10.8. The fourth-order valence-corrected chi connectivity index (χ4v) is 1.43. The van der Waals surface area contributed by atoms with Gasteiger partial charge in [-0.2, -0.15) is 4.39 Å². The van der Waals surface area contributed by atoms with Gasteiger partial charge in [0.1, 0.15) is 5.82 Å². The van der Waals surface area contributed by atoms with E-state index in [0.717, 1.165) is 11.8 Å². The monoisotopic (exact) mass is 238 g/mol. The Balaban J connectivity index is 2.24. The molecule has 0 radical (unpaired) electrons. The second kappa shape index (κ2) is 4.45. The number of H-pyrrole nitrogens is 1. The number of hydrogen-bond acceptors (Lipinski definition) is 2. The van der Waals surface area contributed by atoms with Gasteiger partial charge in [0.25, 0.3) is 5.56 Å². The van der Waals surface area contributed by atoms with Gasteiger partial charge in [0, 0.05) is 11.4 Å². The molecule has 0 atom stereocenters. The summed E-state index contributed by atoms with van der Waals surface area (Å²) in [6.07, 6.45) is 1.36. The second-order valence-electron chi connectivity index (χ2n) is 3.31. The average Bonchev–Trinajstić information content (AvgIpc) is 2.27. The van der Waals surface area contributed by atoms with Crippen LogP contribution >= 0.6 is 11.6 Å². The molecule has 0 amide bonds. The maximum atomic E-state index is 12.7. The lowest BCUT2D eigenvalue weighted by Crippen LogP contribution is -2.14. The lowest BCUT2D eigenvalue weighted by molar-refractivity contribution is 0.595. The van der Waals surface area contributed by atoms with Crippen molar-refractivity contribution in [3.05, 3.63) is 63.0 Å². The van der Waals surface area contributed by atoms with Crippen LogP contribution in [0.1, 0.15) is 11.4 Å². The zero-order chi connectivity index (χ0) is 11.5. The van der Waals surface area contributed by atoms with Crippen LogP contribution < -0.4 is 5.56 Å². The van der Waals surface area contributed by atoms with E-state index in [1.807, 2.05) is 12.1 Å². The first-order chi connectivity index (χ1) is 7.65. The fraction of sp³-hybridized carbons (Fsp3) is 0.0909. The van der Waals surface area contributed by atoms with E-state index in [1.54, 1.807) is 12.1 Å². The third-order valence-electron chi connectivity index (χ3n) is 2.09. The summed E-state index contributed by atoms with van der Waals surface area (Å²) in [5.41, 5.74) is 0.193. The van der Waals surface area contributed by atoms with Gasteiger partial charge in [-0.25, -0.2) is 4.98 Å². The highest BCUT2D eigenvalue weighted by Gasteiger charge is 2.02. The van der Waals surface area contributed by atoms with Gasteiger partial charge in [-0.3, -0.25) is 4.79 Å². The maximum absolute atomic E-state index is 12.7. The number of nitrogens with one attached hydrogen (secondary N) is 1. The summed E-state index contributed by atoms with van der Waals surface area (Å²) in [4.78, 5) is 17.1. The quantitative estimate of drug-likeness (QED) is 0.872. The standard InChI is InChI=1S/C11H8ClFN2O/c12-8-3-1-7(2-4-8)5-10-14-6-9(13)11(16)15-10/h1-4,6H,5H2,(H,14,15,16). The van der Waals surface area contributed by atoms with Crippen molar-refractivity contribution in [2.24, 2.45) is 0 Å². The highest BCUT2D eigenvalue weighted by Crippen LogP contribution is 2.11. The number of nitrogens with zero attached hydrogens (tertiary/aromatic N) is 1. The molecule has 82 valence electrons. The van der Waals surface area contributed by atoms with E-state index in [9.17, 15) is 9.18 Å². The number of aromatic amines is 1. The Morgan fingerprint density at radius 3 is 2.62 bits per heavy atom. The molecule has 0 unspecified atom stereocenters.